The minimum Gasteiger partial charge on any atom is -0.335 e. The lowest BCUT2D eigenvalue weighted by molar-refractivity contribution is -0.122. The molecule has 2 aromatic rings. The lowest BCUT2D eigenvalue weighted by Gasteiger charge is -2.20. The van der Waals surface area contributed by atoms with Crippen LogP contribution in [0.15, 0.2) is 75.5 Å². The first-order valence-corrected chi connectivity index (χ1v) is 14.0. The standard InChI is InChI=1S/C23H22N2O4S4/c1-2-24-22(26)20(32-23(24)30)11-12-21-25(13-6-14-33(27,28)29)18-15-17(9-10-19(18)31-21)16-7-4-3-5-8-16/h3-5,7-12,15H,2,6,13-14H2,1H3,(H,27,28,29)/b20-11+,21-12-. The number of nitrogens with zero attached hydrogens (tertiary/aromatic N) is 2. The van der Waals surface area contributed by atoms with Crippen LogP contribution in [-0.4, -0.2) is 46.9 Å². The molecule has 1 N–H and O–H groups in total. The van der Waals surface area contributed by atoms with Crippen LogP contribution in [0.1, 0.15) is 13.3 Å². The molecule has 0 aliphatic carbocycles. The second-order valence-corrected chi connectivity index (χ2v) is 11.7. The molecule has 0 spiro atoms. The highest BCUT2D eigenvalue weighted by molar-refractivity contribution is 8.26. The van der Waals surface area contributed by atoms with E-state index in [1.54, 1.807) is 22.7 Å². The maximum Gasteiger partial charge on any atom is 0.266 e. The van der Waals surface area contributed by atoms with Crippen molar-refractivity contribution in [1.29, 1.82) is 0 Å². The molecule has 1 fully saturated rings. The lowest BCUT2D eigenvalue weighted by atomic mass is 10.0. The van der Waals surface area contributed by atoms with Gasteiger partial charge in [-0.3, -0.25) is 14.2 Å². The van der Waals surface area contributed by atoms with Crippen LogP contribution in [0.2, 0.25) is 0 Å². The van der Waals surface area contributed by atoms with Crippen molar-refractivity contribution >= 4 is 61.8 Å². The van der Waals surface area contributed by atoms with E-state index in [1.165, 1.54) is 11.8 Å². The second kappa shape index (κ2) is 10.0. The van der Waals surface area contributed by atoms with Crippen molar-refractivity contribution in [2.45, 2.75) is 18.2 Å². The second-order valence-electron chi connectivity index (χ2n) is 7.40. The first-order valence-electron chi connectivity index (χ1n) is 10.3. The molecule has 2 aliphatic rings. The Balaban J connectivity index is 1.66. The van der Waals surface area contributed by atoms with Crippen molar-refractivity contribution in [2.75, 3.05) is 23.7 Å². The zero-order chi connectivity index (χ0) is 23.6. The predicted molar refractivity (Wildman–Crippen MR) is 140 cm³/mol. The largest absolute Gasteiger partial charge is 0.335 e. The van der Waals surface area contributed by atoms with E-state index < -0.39 is 10.1 Å². The van der Waals surface area contributed by atoms with Crippen LogP contribution >= 0.6 is 35.7 Å². The molecular formula is C23H22N2O4S4. The Morgan fingerprint density at radius 3 is 2.45 bits per heavy atom. The van der Waals surface area contributed by atoms with Crippen molar-refractivity contribution in [3.05, 3.63) is 70.6 Å². The van der Waals surface area contributed by atoms with Gasteiger partial charge in [0.2, 0.25) is 0 Å². The molecule has 4 rings (SSSR count). The zero-order valence-corrected chi connectivity index (χ0v) is 21.1. The number of carbonyl (C=O) groups excluding carboxylic acids is 1. The molecule has 0 aromatic heterocycles. The van der Waals surface area contributed by atoms with E-state index in [4.69, 9.17) is 16.8 Å². The van der Waals surface area contributed by atoms with Gasteiger partial charge in [0.1, 0.15) is 4.32 Å². The van der Waals surface area contributed by atoms with Crippen molar-refractivity contribution in [1.82, 2.24) is 4.90 Å². The summed E-state index contributed by atoms with van der Waals surface area (Å²) in [6.45, 7) is 2.83. The van der Waals surface area contributed by atoms with Crippen LogP contribution in [0.25, 0.3) is 11.1 Å². The van der Waals surface area contributed by atoms with Gasteiger partial charge in [-0.15, -0.1) is 0 Å². The van der Waals surface area contributed by atoms with Crippen molar-refractivity contribution in [3.63, 3.8) is 0 Å². The van der Waals surface area contributed by atoms with Gasteiger partial charge in [0, 0.05) is 18.0 Å². The van der Waals surface area contributed by atoms with Crippen LogP contribution in [0.3, 0.4) is 0 Å². The fourth-order valence-electron chi connectivity index (χ4n) is 3.60. The van der Waals surface area contributed by atoms with E-state index in [2.05, 4.69) is 18.2 Å². The number of hydrogen-bond acceptors (Lipinski definition) is 7. The van der Waals surface area contributed by atoms with E-state index in [9.17, 15) is 13.2 Å². The quantitative estimate of drug-likeness (QED) is 0.306. The lowest BCUT2D eigenvalue weighted by Crippen LogP contribution is -2.27. The third-order valence-electron chi connectivity index (χ3n) is 5.19. The number of hydrogen-bond donors (Lipinski definition) is 1. The summed E-state index contributed by atoms with van der Waals surface area (Å²) >= 11 is 8.13. The molecule has 2 aliphatic heterocycles. The average Bonchev–Trinajstić information content (AvgIpc) is 3.27. The van der Waals surface area contributed by atoms with Gasteiger partial charge in [-0.25, -0.2) is 0 Å². The zero-order valence-electron chi connectivity index (χ0n) is 17.8. The number of allylic oxidation sites excluding steroid dienone is 2. The van der Waals surface area contributed by atoms with Gasteiger partial charge in [0.25, 0.3) is 16.0 Å². The summed E-state index contributed by atoms with van der Waals surface area (Å²) in [5, 5.41) is 0.882. The molecule has 0 atom stereocenters. The monoisotopic (exact) mass is 518 g/mol. The predicted octanol–water partition coefficient (Wildman–Crippen LogP) is 5.15. The van der Waals surface area contributed by atoms with Gasteiger partial charge < -0.3 is 4.90 Å². The molecule has 6 nitrogen and oxygen atoms in total. The summed E-state index contributed by atoms with van der Waals surface area (Å²) in [7, 11) is -4.04. The number of likely N-dealkylation sites (N-methyl/N-ethyl adjacent to an activating group) is 1. The number of thioether (sulfide) groups is 2. The molecule has 0 saturated carbocycles. The summed E-state index contributed by atoms with van der Waals surface area (Å²) in [5.74, 6) is -0.418. The summed E-state index contributed by atoms with van der Waals surface area (Å²) < 4.78 is 32.2. The molecule has 10 heteroatoms. The number of rotatable bonds is 7. The summed E-state index contributed by atoms with van der Waals surface area (Å²) in [4.78, 5) is 17.8. The molecule has 1 saturated heterocycles. The summed E-state index contributed by atoms with van der Waals surface area (Å²) in [6.07, 6.45) is 3.92. The van der Waals surface area contributed by atoms with Crippen LogP contribution in [0, 0.1) is 0 Å². The highest BCUT2D eigenvalue weighted by Crippen LogP contribution is 2.47. The highest BCUT2D eigenvalue weighted by atomic mass is 32.2. The van der Waals surface area contributed by atoms with Crippen LogP contribution < -0.4 is 4.90 Å². The average molecular weight is 519 g/mol. The van der Waals surface area contributed by atoms with Crippen molar-refractivity contribution in [2.24, 2.45) is 0 Å². The Labute approximate surface area is 207 Å². The Morgan fingerprint density at radius 2 is 1.79 bits per heavy atom. The summed E-state index contributed by atoms with van der Waals surface area (Å²) in [5.41, 5.74) is 3.11. The third kappa shape index (κ3) is 5.52. The van der Waals surface area contributed by atoms with Crippen LogP contribution in [0.4, 0.5) is 5.69 Å². The van der Waals surface area contributed by atoms with Gasteiger partial charge in [-0.1, -0.05) is 72.1 Å². The molecule has 0 bridgehead atoms. The number of fused-ring (bicyclic) bond motifs is 1. The Morgan fingerprint density at radius 1 is 1.03 bits per heavy atom. The molecule has 33 heavy (non-hydrogen) atoms. The van der Waals surface area contributed by atoms with Gasteiger partial charge >= 0.3 is 0 Å². The molecule has 2 heterocycles. The fourth-order valence-corrected chi connectivity index (χ4v) is 6.49. The first-order chi connectivity index (χ1) is 15.8. The van der Waals surface area contributed by atoms with E-state index in [-0.39, 0.29) is 18.1 Å². The molecular weight excluding hydrogens is 497 g/mol. The number of carbonyl (C=O) groups is 1. The van der Waals surface area contributed by atoms with Gasteiger partial charge in [-0.2, -0.15) is 8.42 Å². The first kappa shape index (κ1) is 24.0. The van der Waals surface area contributed by atoms with E-state index >= 15 is 0 Å². The van der Waals surface area contributed by atoms with E-state index in [0.29, 0.717) is 22.3 Å². The molecule has 2 aromatic carbocycles. The van der Waals surface area contributed by atoms with Crippen molar-refractivity contribution in [3.8, 4) is 11.1 Å². The van der Waals surface area contributed by atoms with E-state index in [1.807, 2.05) is 48.2 Å². The topological polar surface area (TPSA) is 77.9 Å². The molecule has 0 radical (unpaired) electrons. The molecule has 0 unspecified atom stereocenters. The number of thiocarbonyl (C=S) groups is 1. The Kier molecular flexibility index (Phi) is 7.30. The smallest absolute Gasteiger partial charge is 0.266 e. The Bertz CT molecular complexity index is 1260. The minimum absolute atomic E-state index is 0.103. The third-order valence-corrected chi connectivity index (χ3v) is 8.52. The van der Waals surface area contributed by atoms with Gasteiger partial charge in [-0.05, 0) is 48.8 Å². The molecule has 1 amide bonds. The maximum absolute atomic E-state index is 12.5. The fraction of sp³-hybridized carbons (Fsp3) is 0.217. The maximum atomic E-state index is 12.5. The van der Waals surface area contributed by atoms with Crippen LogP contribution in [-0.2, 0) is 14.9 Å². The number of benzene rings is 2. The van der Waals surface area contributed by atoms with Gasteiger partial charge in [0.05, 0.1) is 21.4 Å². The molecule has 172 valence electrons. The normalized spacial score (nSPS) is 18.6. The number of anilines is 1. The van der Waals surface area contributed by atoms with E-state index in [0.717, 1.165) is 26.7 Å². The minimum atomic E-state index is -4.04. The van der Waals surface area contributed by atoms with Crippen molar-refractivity contribution < 1.29 is 17.8 Å². The number of amides is 1. The van der Waals surface area contributed by atoms with Crippen LogP contribution in [0.5, 0.6) is 0 Å². The highest BCUT2D eigenvalue weighted by Gasteiger charge is 2.31. The Hall–Kier alpha value is -2.11. The van der Waals surface area contributed by atoms with Gasteiger partial charge in [0.15, 0.2) is 0 Å². The summed E-state index contributed by atoms with van der Waals surface area (Å²) in [6, 6.07) is 16.2. The SMILES string of the molecule is CCN1C(=O)/C(=C\C=C2/Sc3ccc(-c4ccccc4)cc3N2CCCS(=O)(=O)O)SC1=S.